The van der Waals surface area contributed by atoms with Gasteiger partial charge in [0.1, 0.15) is 6.61 Å². The van der Waals surface area contributed by atoms with E-state index in [0.717, 1.165) is 38.5 Å². The van der Waals surface area contributed by atoms with E-state index in [-0.39, 0.29) is 25.2 Å². The van der Waals surface area contributed by atoms with Crippen molar-refractivity contribution in [1.29, 1.82) is 0 Å². The van der Waals surface area contributed by atoms with Crippen LogP contribution in [0.2, 0.25) is 0 Å². The first-order valence-corrected chi connectivity index (χ1v) is 13.6. The molecule has 1 unspecified atom stereocenters. The van der Waals surface area contributed by atoms with E-state index in [1.54, 1.807) is 0 Å². The second-order valence-corrected chi connectivity index (χ2v) is 9.13. The summed E-state index contributed by atoms with van der Waals surface area (Å²) in [4.78, 5) is 23.8. The van der Waals surface area contributed by atoms with E-state index in [2.05, 4.69) is 13.8 Å². The van der Waals surface area contributed by atoms with Gasteiger partial charge in [-0.1, -0.05) is 117 Å². The maximum absolute atomic E-state index is 12.0. The lowest BCUT2D eigenvalue weighted by molar-refractivity contribution is -0.161. The number of aliphatic hydroxyl groups is 1. The van der Waals surface area contributed by atoms with E-state index in [4.69, 9.17) is 9.47 Å². The standard InChI is InChI=1S/C27H52O5/c1-3-5-7-9-11-13-14-16-18-20-22-27(30)32-25(23-28)24-31-26(29)21-19-17-15-12-10-8-6-4-2/h25,28H,3-24H2,1-2H3. The Morgan fingerprint density at radius 1 is 0.594 bits per heavy atom. The first kappa shape index (κ1) is 30.9. The molecule has 0 aromatic carbocycles. The molecular formula is C27H52O5. The molecule has 0 rings (SSSR count). The molecule has 0 saturated heterocycles. The van der Waals surface area contributed by atoms with Gasteiger partial charge in [-0.15, -0.1) is 0 Å². The zero-order valence-electron chi connectivity index (χ0n) is 21.2. The number of aliphatic hydroxyl groups excluding tert-OH is 1. The Labute approximate surface area is 198 Å². The third kappa shape index (κ3) is 22.1. The SMILES string of the molecule is CCCCCCCCCCCCC(=O)OC(CO)COC(=O)CCCCCCCCCC. The minimum atomic E-state index is -0.756. The van der Waals surface area contributed by atoms with Crippen molar-refractivity contribution in [2.45, 2.75) is 148 Å². The van der Waals surface area contributed by atoms with Crippen molar-refractivity contribution in [3.63, 3.8) is 0 Å². The zero-order valence-corrected chi connectivity index (χ0v) is 21.2. The molecule has 0 bridgehead atoms. The molecule has 190 valence electrons. The Kier molecular flexibility index (Phi) is 23.7. The Bertz CT molecular complexity index is 424. The fraction of sp³-hybridized carbons (Fsp3) is 0.926. The number of hydrogen-bond acceptors (Lipinski definition) is 5. The summed E-state index contributed by atoms with van der Waals surface area (Å²) in [6.07, 6.45) is 21.5. The van der Waals surface area contributed by atoms with Crippen molar-refractivity contribution >= 4 is 11.9 Å². The number of unbranched alkanes of at least 4 members (excludes halogenated alkanes) is 16. The van der Waals surface area contributed by atoms with Gasteiger partial charge in [0, 0.05) is 12.8 Å². The third-order valence-corrected chi connectivity index (χ3v) is 5.90. The van der Waals surface area contributed by atoms with Crippen molar-refractivity contribution < 1.29 is 24.2 Å². The van der Waals surface area contributed by atoms with Gasteiger partial charge in [0.2, 0.25) is 0 Å². The predicted molar refractivity (Wildman–Crippen MR) is 132 cm³/mol. The highest BCUT2D eigenvalue weighted by atomic mass is 16.6. The summed E-state index contributed by atoms with van der Waals surface area (Å²) in [5.41, 5.74) is 0. The van der Waals surface area contributed by atoms with Crippen molar-refractivity contribution in [2.24, 2.45) is 0 Å². The van der Waals surface area contributed by atoms with Gasteiger partial charge in [-0.05, 0) is 12.8 Å². The topological polar surface area (TPSA) is 72.8 Å². The summed E-state index contributed by atoms with van der Waals surface area (Å²) in [7, 11) is 0. The van der Waals surface area contributed by atoms with Crippen LogP contribution < -0.4 is 0 Å². The molecule has 0 aliphatic heterocycles. The molecule has 0 spiro atoms. The average Bonchev–Trinajstić information content (AvgIpc) is 2.79. The van der Waals surface area contributed by atoms with Crippen LogP contribution in [-0.2, 0) is 19.1 Å². The van der Waals surface area contributed by atoms with Gasteiger partial charge in [-0.2, -0.15) is 0 Å². The molecule has 1 atom stereocenters. The first-order chi connectivity index (χ1) is 15.6. The van der Waals surface area contributed by atoms with E-state index in [0.29, 0.717) is 12.8 Å². The lowest BCUT2D eigenvalue weighted by Gasteiger charge is -2.15. The molecule has 0 aliphatic rings. The number of esters is 2. The van der Waals surface area contributed by atoms with Crippen LogP contribution in [0, 0.1) is 0 Å². The quantitative estimate of drug-likeness (QED) is 0.122. The van der Waals surface area contributed by atoms with Gasteiger partial charge in [-0.3, -0.25) is 9.59 Å². The summed E-state index contributed by atoms with van der Waals surface area (Å²) in [6, 6.07) is 0. The number of ether oxygens (including phenoxy) is 2. The Hall–Kier alpha value is -1.10. The average molecular weight is 457 g/mol. The van der Waals surface area contributed by atoms with E-state index >= 15 is 0 Å². The summed E-state index contributed by atoms with van der Waals surface area (Å²) in [6.45, 7) is 4.07. The molecule has 0 radical (unpaired) electrons. The van der Waals surface area contributed by atoms with Crippen molar-refractivity contribution in [1.82, 2.24) is 0 Å². The molecule has 0 aliphatic carbocycles. The lowest BCUT2D eigenvalue weighted by Crippen LogP contribution is -2.28. The third-order valence-electron chi connectivity index (χ3n) is 5.90. The van der Waals surface area contributed by atoms with E-state index in [9.17, 15) is 14.7 Å². The zero-order chi connectivity index (χ0) is 23.7. The highest BCUT2D eigenvalue weighted by Gasteiger charge is 2.16. The van der Waals surface area contributed by atoms with Crippen LogP contribution in [0.25, 0.3) is 0 Å². The minimum absolute atomic E-state index is 0.0594. The highest BCUT2D eigenvalue weighted by Crippen LogP contribution is 2.12. The Balaban J connectivity index is 3.61. The summed E-state index contributed by atoms with van der Waals surface area (Å²) < 4.78 is 10.4. The van der Waals surface area contributed by atoms with Crippen LogP contribution in [0.5, 0.6) is 0 Å². The fourth-order valence-electron chi connectivity index (χ4n) is 3.79. The monoisotopic (exact) mass is 456 g/mol. The predicted octanol–water partition coefficient (Wildman–Crippen LogP) is 7.28. The van der Waals surface area contributed by atoms with Crippen LogP contribution >= 0.6 is 0 Å². The van der Waals surface area contributed by atoms with Crippen molar-refractivity contribution in [2.75, 3.05) is 13.2 Å². The first-order valence-electron chi connectivity index (χ1n) is 13.6. The summed E-state index contributed by atoms with van der Waals surface area (Å²) in [5, 5.41) is 9.40. The van der Waals surface area contributed by atoms with Crippen molar-refractivity contribution in [3.8, 4) is 0 Å². The van der Waals surface area contributed by atoms with Crippen LogP contribution in [-0.4, -0.2) is 36.4 Å². The van der Waals surface area contributed by atoms with Crippen LogP contribution in [0.15, 0.2) is 0 Å². The van der Waals surface area contributed by atoms with Crippen LogP contribution in [0.1, 0.15) is 142 Å². The Morgan fingerprint density at radius 2 is 0.969 bits per heavy atom. The van der Waals surface area contributed by atoms with Gasteiger partial charge in [0.05, 0.1) is 6.61 Å². The largest absolute Gasteiger partial charge is 0.462 e. The lowest BCUT2D eigenvalue weighted by atomic mass is 10.1. The number of carbonyl (C=O) groups is 2. The summed E-state index contributed by atoms with van der Waals surface area (Å²) >= 11 is 0. The minimum Gasteiger partial charge on any atom is -0.462 e. The van der Waals surface area contributed by atoms with Crippen LogP contribution in [0.4, 0.5) is 0 Å². The number of carbonyl (C=O) groups excluding carboxylic acids is 2. The van der Waals surface area contributed by atoms with E-state index in [1.807, 2.05) is 0 Å². The number of rotatable bonds is 24. The molecule has 5 heteroatoms. The molecular weight excluding hydrogens is 404 g/mol. The van der Waals surface area contributed by atoms with E-state index in [1.165, 1.54) is 77.0 Å². The summed E-state index contributed by atoms with van der Waals surface area (Å²) in [5.74, 6) is -0.595. The second kappa shape index (κ2) is 24.5. The van der Waals surface area contributed by atoms with Crippen molar-refractivity contribution in [3.05, 3.63) is 0 Å². The molecule has 32 heavy (non-hydrogen) atoms. The highest BCUT2D eigenvalue weighted by molar-refractivity contribution is 5.70. The smallest absolute Gasteiger partial charge is 0.306 e. The van der Waals surface area contributed by atoms with Gasteiger partial charge in [0.15, 0.2) is 6.10 Å². The molecule has 0 fully saturated rings. The van der Waals surface area contributed by atoms with E-state index < -0.39 is 6.10 Å². The molecule has 0 saturated carbocycles. The maximum Gasteiger partial charge on any atom is 0.306 e. The molecule has 1 N–H and O–H groups in total. The molecule has 0 heterocycles. The maximum atomic E-state index is 12.0. The number of hydrogen-bond donors (Lipinski definition) is 1. The molecule has 0 aromatic heterocycles. The van der Waals surface area contributed by atoms with Gasteiger partial charge >= 0.3 is 11.9 Å². The molecule has 5 nitrogen and oxygen atoms in total. The fourth-order valence-corrected chi connectivity index (χ4v) is 3.79. The Morgan fingerprint density at radius 3 is 1.38 bits per heavy atom. The molecule has 0 amide bonds. The molecule has 0 aromatic rings. The normalized spacial score (nSPS) is 12.0. The van der Waals surface area contributed by atoms with Gasteiger partial charge in [-0.25, -0.2) is 0 Å². The van der Waals surface area contributed by atoms with Gasteiger partial charge in [0.25, 0.3) is 0 Å². The van der Waals surface area contributed by atoms with Crippen LogP contribution in [0.3, 0.4) is 0 Å². The second-order valence-electron chi connectivity index (χ2n) is 9.13. The van der Waals surface area contributed by atoms with Gasteiger partial charge < -0.3 is 14.6 Å².